The second kappa shape index (κ2) is 3.54. The van der Waals surface area contributed by atoms with Crippen LogP contribution in [-0.4, -0.2) is 19.1 Å². The maximum absolute atomic E-state index is 13.8. The second-order valence-corrected chi connectivity index (χ2v) is 6.97. The molecule has 1 saturated carbocycles. The topological polar surface area (TPSA) is 63.2 Å². The average Bonchev–Trinajstić information content (AvgIpc) is 2.77. The molecule has 1 aliphatic heterocycles. The van der Waals surface area contributed by atoms with Crippen LogP contribution in [0.2, 0.25) is 0 Å². The molecular weight excluding hydrogens is 257 g/mol. The first kappa shape index (κ1) is 11.6. The molecule has 1 aliphatic carbocycles. The number of sulfone groups is 1. The van der Waals surface area contributed by atoms with Crippen LogP contribution >= 0.6 is 0 Å². The highest BCUT2D eigenvalue weighted by molar-refractivity contribution is 7.94. The number of nitrogens with one attached hydrogen (secondary N) is 1. The fourth-order valence-corrected chi connectivity index (χ4v) is 5.12. The van der Waals surface area contributed by atoms with Crippen LogP contribution in [-0.2, 0) is 14.6 Å². The summed E-state index contributed by atoms with van der Waals surface area (Å²) in [5, 5.41) is 2.53. The molecule has 6 heteroatoms. The summed E-state index contributed by atoms with van der Waals surface area (Å²) in [7, 11) is -3.95. The van der Waals surface area contributed by atoms with Gasteiger partial charge in [-0.05, 0) is 25.0 Å². The van der Waals surface area contributed by atoms with Crippen LogP contribution in [0.15, 0.2) is 23.1 Å². The maximum atomic E-state index is 13.8. The van der Waals surface area contributed by atoms with Crippen molar-refractivity contribution in [3.05, 3.63) is 24.0 Å². The van der Waals surface area contributed by atoms with Crippen molar-refractivity contribution in [2.24, 2.45) is 0 Å². The normalized spacial score (nSPS) is 23.7. The van der Waals surface area contributed by atoms with Crippen molar-refractivity contribution in [2.75, 3.05) is 5.32 Å². The Morgan fingerprint density at radius 2 is 1.89 bits per heavy atom. The quantitative estimate of drug-likeness (QED) is 0.782. The molecule has 18 heavy (non-hydrogen) atoms. The van der Waals surface area contributed by atoms with Crippen LogP contribution in [0.3, 0.4) is 0 Å². The second-order valence-electron chi connectivity index (χ2n) is 4.78. The van der Waals surface area contributed by atoms with Crippen LogP contribution in [0.25, 0.3) is 0 Å². The monoisotopic (exact) mass is 269 g/mol. The van der Waals surface area contributed by atoms with Gasteiger partial charge in [-0.1, -0.05) is 18.9 Å². The third-order valence-electron chi connectivity index (χ3n) is 3.82. The zero-order chi connectivity index (χ0) is 13.0. The first-order valence-corrected chi connectivity index (χ1v) is 7.32. The van der Waals surface area contributed by atoms with Gasteiger partial charge in [-0.25, -0.2) is 12.8 Å². The molecule has 1 N–H and O–H groups in total. The highest BCUT2D eigenvalue weighted by Crippen LogP contribution is 2.46. The highest BCUT2D eigenvalue weighted by atomic mass is 32.2. The van der Waals surface area contributed by atoms with E-state index in [4.69, 9.17) is 0 Å². The van der Waals surface area contributed by atoms with Gasteiger partial charge in [0.1, 0.15) is 10.7 Å². The SMILES string of the molecule is O=C1Nc2cccc(F)c2S(=O)(=O)C12CCCC2. The van der Waals surface area contributed by atoms with Gasteiger partial charge in [0.2, 0.25) is 5.91 Å². The van der Waals surface area contributed by atoms with Gasteiger partial charge in [0.15, 0.2) is 14.6 Å². The van der Waals surface area contributed by atoms with Gasteiger partial charge in [-0.15, -0.1) is 0 Å². The van der Waals surface area contributed by atoms with Gasteiger partial charge < -0.3 is 5.32 Å². The summed E-state index contributed by atoms with van der Waals surface area (Å²) in [6, 6.07) is 3.91. The summed E-state index contributed by atoms with van der Waals surface area (Å²) in [4.78, 5) is 11.7. The van der Waals surface area contributed by atoms with Gasteiger partial charge in [0.05, 0.1) is 5.69 Å². The van der Waals surface area contributed by atoms with E-state index >= 15 is 0 Å². The van der Waals surface area contributed by atoms with E-state index in [2.05, 4.69) is 5.32 Å². The molecular formula is C12H12FNO3S. The molecule has 0 bridgehead atoms. The molecule has 1 heterocycles. The zero-order valence-electron chi connectivity index (χ0n) is 9.57. The molecule has 1 aromatic rings. The standard InChI is InChI=1S/C12H12FNO3S/c13-8-4-3-5-9-10(8)18(16,17)12(11(15)14-9)6-1-2-7-12/h3-5H,1-2,6-7H2,(H,14,15). The molecule has 0 saturated heterocycles. The van der Waals surface area contributed by atoms with E-state index in [0.29, 0.717) is 12.8 Å². The minimum absolute atomic E-state index is 0.0533. The number of anilines is 1. The smallest absolute Gasteiger partial charge is 0.246 e. The number of hydrogen-bond acceptors (Lipinski definition) is 3. The van der Waals surface area contributed by atoms with E-state index in [1.54, 1.807) is 0 Å². The number of amides is 1. The molecule has 1 fully saturated rings. The van der Waals surface area contributed by atoms with Crippen molar-refractivity contribution in [3.8, 4) is 0 Å². The van der Waals surface area contributed by atoms with Crippen LogP contribution in [0.1, 0.15) is 25.7 Å². The Morgan fingerprint density at radius 1 is 1.22 bits per heavy atom. The lowest BCUT2D eigenvalue weighted by atomic mass is 10.1. The third-order valence-corrected chi connectivity index (χ3v) is 6.40. The number of carbonyl (C=O) groups excluding carboxylic acids is 1. The van der Waals surface area contributed by atoms with Crippen molar-refractivity contribution in [1.29, 1.82) is 0 Å². The fourth-order valence-electron chi connectivity index (χ4n) is 2.88. The van der Waals surface area contributed by atoms with E-state index in [1.165, 1.54) is 12.1 Å². The highest BCUT2D eigenvalue weighted by Gasteiger charge is 2.57. The Bertz CT molecular complexity index is 633. The van der Waals surface area contributed by atoms with Crippen molar-refractivity contribution in [3.63, 3.8) is 0 Å². The Hall–Kier alpha value is -1.43. The predicted molar refractivity (Wildman–Crippen MR) is 63.4 cm³/mol. The van der Waals surface area contributed by atoms with Crippen molar-refractivity contribution >= 4 is 21.4 Å². The van der Waals surface area contributed by atoms with E-state index in [9.17, 15) is 17.6 Å². The summed E-state index contributed by atoms with van der Waals surface area (Å²) in [5.41, 5.74) is 0.0533. The fraction of sp³-hybridized carbons (Fsp3) is 0.417. The molecule has 1 amide bonds. The van der Waals surface area contributed by atoms with Crippen molar-refractivity contribution in [1.82, 2.24) is 0 Å². The van der Waals surface area contributed by atoms with Crippen LogP contribution in [0.4, 0.5) is 10.1 Å². The predicted octanol–water partition coefficient (Wildman–Crippen LogP) is 1.86. The van der Waals surface area contributed by atoms with Crippen LogP contribution in [0, 0.1) is 5.82 Å². The van der Waals surface area contributed by atoms with Gasteiger partial charge in [0.25, 0.3) is 0 Å². The first-order chi connectivity index (χ1) is 8.49. The Kier molecular flexibility index (Phi) is 2.29. The summed E-state index contributed by atoms with van der Waals surface area (Å²) in [6.07, 6.45) is 1.90. The molecule has 0 aromatic heterocycles. The molecule has 96 valence electrons. The van der Waals surface area contributed by atoms with Gasteiger partial charge in [0, 0.05) is 0 Å². The average molecular weight is 269 g/mol. The molecule has 4 nitrogen and oxygen atoms in total. The van der Waals surface area contributed by atoms with E-state index in [-0.39, 0.29) is 23.4 Å². The van der Waals surface area contributed by atoms with Gasteiger partial charge in [-0.2, -0.15) is 0 Å². The third kappa shape index (κ3) is 1.24. The number of hydrogen-bond donors (Lipinski definition) is 1. The minimum atomic E-state index is -3.95. The minimum Gasteiger partial charge on any atom is -0.323 e. The first-order valence-electron chi connectivity index (χ1n) is 5.84. The maximum Gasteiger partial charge on any atom is 0.246 e. The largest absolute Gasteiger partial charge is 0.323 e. The van der Waals surface area contributed by atoms with Crippen molar-refractivity contribution < 1.29 is 17.6 Å². The molecule has 3 rings (SSSR count). The number of halogens is 1. The van der Waals surface area contributed by atoms with Crippen molar-refractivity contribution in [2.45, 2.75) is 35.3 Å². The molecule has 0 atom stereocenters. The van der Waals surface area contributed by atoms with E-state index < -0.39 is 26.3 Å². The van der Waals surface area contributed by atoms with E-state index in [0.717, 1.165) is 6.07 Å². The van der Waals surface area contributed by atoms with Crippen LogP contribution in [0.5, 0.6) is 0 Å². The molecule has 0 unspecified atom stereocenters. The molecule has 1 aromatic carbocycles. The van der Waals surface area contributed by atoms with Gasteiger partial charge >= 0.3 is 0 Å². The lowest BCUT2D eigenvalue weighted by Crippen LogP contribution is -2.51. The van der Waals surface area contributed by atoms with E-state index in [1.807, 2.05) is 0 Å². The lowest BCUT2D eigenvalue weighted by molar-refractivity contribution is -0.118. The van der Waals surface area contributed by atoms with Crippen LogP contribution < -0.4 is 5.32 Å². The molecule has 0 radical (unpaired) electrons. The molecule has 2 aliphatic rings. The zero-order valence-corrected chi connectivity index (χ0v) is 10.4. The summed E-state index contributed by atoms with van der Waals surface area (Å²) in [6.45, 7) is 0. The number of rotatable bonds is 0. The summed E-state index contributed by atoms with van der Waals surface area (Å²) < 4.78 is 37.5. The van der Waals surface area contributed by atoms with Gasteiger partial charge in [-0.3, -0.25) is 4.79 Å². The summed E-state index contributed by atoms with van der Waals surface area (Å²) >= 11 is 0. The number of carbonyl (C=O) groups is 1. The Balaban J connectivity index is 2.32. The number of fused-ring (bicyclic) bond motifs is 1. The Labute approximate surface area is 104 Å². The lowest BCUT2D eigenvalue weighted by Gasteiger charge is -2.33. The molecule has 1 spiro atoms. The Morgan fingerprint density at radius 3 is 2.56 bits per heavy atom. The summed E-state index contributed by atoms with van der Waals surface area (Å²) in [5.74, 6) is -1.31. The number of benzene rings is 1.